The van der Waals surface area contributed by atoms with Crippen LogP contribution in [0.3, 0.4) is 0 Å². The Bertz CT molecular complexity index is 2440. The second kappa shape index (κ2) is 41.0. The van der Waals surface area contributed by atoms with Gasteiger partial charge in [-0.3, -0.25) is 0 Å². The Kier molecular flexibility index (Phi) is 38.2. The predicted molar refractivity (Wildman–Crippen MR) is 499 cm³/mol. The Labute approximate surface area is 698 Å². The Morgan fingerprint density at radius 3 is 1.01 bits per heavy atom. The minimum absolute atomic E-state index is 0.547. The van der Waals surface area contributed by atoms with Crippen molar-refractivity contribution in [1.82, 2.24) is 0 Å². The summed E-state index contributed by atoms with van der Waals surface area (Å²) >= 11 is 0. The van der Waals surface area contributed by atoms with Crippen molar-refractivity contribution in [2.45, 2.75) is 521 Å². The fourth-order valence-electron chi connectivity index (χ4n) is 29.0. The van der Waals surface area contributed by atoms with Crippen molar-refractivity contribution in [3.8, 4) is 0 Å². The Hall–Kier alpha value is 0. The fourth-order valence-corrected chi connectivity index (χ4v) is 29.0. The van der Waals surface area contributed by atoms with Gasteiger partial charge in [-0.1, -0.05) is 354 Å². The molecule has 0 nitrogen and oxygen atoms in total. The van der Waals surface area contributed by atoms with Gasteiger partial charge < -0.3 is 0 Å². The van der Waals surface area contributed by atoms with Gasteiger partial charge in [0.15, 0.2) is 0 Å². The molecule has 6 bridgehead atoms. The van der Waals surface area contributed by atoms with Gasteiger partial charge in [-0.05, 0) is 349 Å². The average Bonchev–Trinajstić information content (AvgIpc) is 1.59. The van der Waals surface area contributed by atoms with Crippen LogP contribution in [0.4, 0.5) is 0 Å². The van der Waals surface area contributed by atoms with E-state index in [0.29, 0.717) is 70.4 Å². The molecule has 110 heavy (non-hydrogen) atoms. The van der Waals surface area contributed by atoms with E-state index in [4.69, 9.17) is 0 Å². The van der Waals surface area contributed by atoms with E-state index in [1.165, 1.54) is 225 Å². The van der Waals surface area contributed by atoms with E-state index < -0.39 is 0 Å². The van der Waals surface area contributed by atoms with Crippen LogP contribution in [0.15, 0.2) is 0 Å². The van der Waals surface area contributed by atoms with Crippen LogP contribution in [-0.2, 0) is 0 Å². The normalized spacial score (nSPS) is 37.0. The van der Waals surface area contributed by atoms with Gasteiger partial charge in [-0.2, -0.15) is 0 Å². The largest absolute Gasteiger partial charge is 0.0651 e. The molecule has 0 heteroatoms. The average molecular weight is 1540 g/mol. The van der Waals surface area contributed by atoms with Crippen LogP contribution in [0, 0.1) is 182 Å². The quantitative estimate of drug-likeness (QED) is 0.259. The van der Waals surface area contributed by atoms with Gasteiger partial charge in [-0.15, -0.1) is 0 Å². The van der Waals surface area contributed by atoms with E-state index >= 15 is 0 Å². The number of rotatable bonds is 2. The SMILES string of the molecule is CC(C)(C)C1CCC1.CC1(C)CC(C)(C)CC(C)(C)C1.CC1C(C)(C)CCCC1(C)C.CC1CC(C)(C)CC(C)(C)C1.CC1CCC(C)(C)CC1.CC1CCCC(C)C1C.CCC1C2CCC(C2)C1C.CCC1CC(C)(C)CC(C)(C)C1.C[C@@H]1C2CCC(C2)C1(C)C.C[C@@H]1CCCCC1(C)C.C[C@H]1CC2CCC1(C)C2. The number of fused-ring (bicyclic) bond motifs is 6. The summed E-state index contributed by atoms with van der Waals surface area (Å²) in [6.45, 7) is 96.3. The van der Waals surface area contributed by atoms with Gasteiger partial charge in [0.05, 0.1) is 0 Å². The molecule has 0 aromatic carbocycles. The molecule has 14 aliphatic rings. The van der Waals surface area contributed by atoms with Gasteiger partial charge >= 0.3 is 0 Å². The molecule has 14 aliphatic carbocycles. The Balaban J connectivity index is 0.000000256. The summed E-state index contributed by atoms with van der Waals surface area (Å²) < 4.78 is 0. The van der Waals surface area contributed by atoms with Crippen LogP contribution >= 0.6 is 0 Å². The molecular weight excluding hydrogens is 1320 g/mol. The van der Waals surface area contributed by atoms with Crippen molar-refractivity contribution in [2.24, 2.45) is 182 Å². The predicted octanol–water partition coefficient (Wildman–Crippen LogP) is 37.6. The van der Waals surface area contributed by atoms with E-state index in [2.05, 4.69) is 277 Å². The maximum absolute atomic E-state index is 2.48. The molecule has 0 aromatic rings. The summed E-state index contributed by atoms with van der Waals surface area (Å²) in [5.41, 5.74) is 8.45. The van der Waals surface area contributed by atoms with Crippen LogP contribution < -0.4 is 0 Å². The highest BCUT2D eigenvalue weighted by Crippen LogP contribution is 2.61. The molecule has 0 heterocycles. The maximum atomic E-state index is 2.48. The van der Waals surface area contributed by atoms with Gasteiger partial charge in [0.1, 0.15) is 0 Å². The van der Waals surface area contributed by atoms with Gasteiger partial charge in [0.2, 0.25) is 0 Å². The highest BCUT2D eigenvalue weighted by molar-refractivity contribution is 5.01. The molecule has 0 aromatic heterocycles. The Morgan fingerprint density at radius 2 is 0.745 bits per heavy atom. The summed E-state index contributed by atoms with van der Waals surface area (Å²) in [4.78, 5) is 0. The van der Waals surface area contributed by atoms with E-state index in [0.717, 1.165) is 112 Å². The second-order valence-corrected chi connectivity index (χ2v) is 54.5. The van der Waals surface area contributed by atoms with Crippen LogP contribution in [0.5, 0.6) is 0 Å². The van der Waals surface area contributed by atoms with Crippen molar-refractivity contribution >= 4 is 0 Å². The lowest BCUT2D eigenvalue weighted by Gasteiger charge is -2.49. The van der Waals surface area contributed by atoms with Crippen LogP contribution in [-0.4, -0.2) is 0 Å². The third kappa shape index (κ3) is 33.2. The monoisotopic (exact) mass is 1540 g/mol. The number of hydrogen-bond donors (Lipinski definition) is 0. The summed E-state index contributed by atoms with van der Waals surface area (Å²) in [7, 11) is 0. The summed E-state index contributed by atoms with van der Waals surface area (Å²) in [6.07, 6.45) is 55.4. The standard InChI is InChI=1S/2C12H24.2C11H22.2C10H18.C9H16.3C9H18.C8H16/c1-10(2)7-11(3,4)9-12(5,6)8-10;1-6-10-7-11(2,3)9-12(4,5)8-10;1-9-6-10(2,3)8-11(4,5)7-9;1-9-10(2,3)7-6-8-11(9,4)5;1-7-8-4-5-9(6-8)10(7,2)3;1-3-10-7(2)8-4-5-9(10)6-8;1-7-5-8-3-4-9(7,2)6-8;1-8-4-6-9(2,3)7-5-8;1-8-6-4-5-7-9(8,2)3;1-7-5-4-6-8(2)9(7)3;1-8(2,3)7-5-4-6-7/h7-9H2,1-6H3;10H,6-9H2,1-5H3;2*9H,6-8H2,1-5H3;7-9H,4-6H2,1-3H3;7-10H,3-6H2,1-2H3;7-8H,3-6H2,1-2H3;2*8H,4-7H2,1-3H3;7-9H,4-6H2,1-3H3;7H,4-6H2,1-3H3/t;;;;7-,8?,9?;;7-,8?,9?;;8-;;/m....1.0.1../s1. The molecule has 0 N–H and O–H groups in total. The van der Waals surface area contributed by atoms with E-state index in [-0.39, 0.29) is 0 Å². The third-order valence-corrected chi connectivity index (χ3v) is 36.1. The first-order valence-electron chi connectivity index (χ1n) is 49.8. The summed E-state index contributed by atoms with van der Waals surface area (Å²) in [5.74, 6) is 18.4. The molecular formula is C110H214. The lowest BCUT2D eigenvalue weighted by molar-refractivity contribution is 0.0202. The molecule has 14 saturated carbocycles. The zero-order chi connectivity index (χ0) is 84.3. The number of hydrogen-bond acceptors (Lipinski definition) is 0. The first-order valence-corrected chi connectivity index (χ1v) is 49.8. The minimum atomic E-state index is 0.547. The molecule has 14 rings (SSSR count). The Morgan fingerprint density at radius 1 is 0.309 bits per heavy atom. The molecule has 0 aliphatic heterocycles. The zero-order valence-corrected chi connectivity index (χ0v) is 84.3. The molecule has 0 saturated heterocycles. The lowest BCUT2D eigenvalue weighted by atomic mass is 9.56. The van der Waals surface area contributed by atoms with Crippen LogP contribution in [0.1, 0.15) is 521 Å². The minimum Gasteiger partial charge on any atom is -0.0651 e. The molecule has 0 radical (unpaired) electrons. The van der Waals surface area contributed by atoms with Gasteiger partial charge in [-0.25, -0.2) is 0 Å². The fraction of sp³-hybridized carbons (Fsp3) is 1.00. The molecule has 0 amide bonds. The highest BCUT2D eigenvalue weighted by atomic mass is 14.6. The summed E-state index contributed by atoms with van der Waals surface area (Å²) in [5, 5.41) is 0. The molecule has 14 fully saturated rings. The van der Waals surface area contributed by atoms with E-state index in [1.807, 2.05) is 0 Å². The van der Waals surface area contributed by atoms with Crippen LogP contribution in [0.2, 0.25) is 0 Å². The maximum Gasteiger partial charge on any atom is -0.0297 e. The second-order valence-electron chi connectivity index (χ2n) is 54.5. The molecule has 13 atom stereocenters. The van der Waals surface area contributed by atoms with Crippen LogP contribution in [0.25, 0.3) is 0 Å². The lowest BCUT2D eigenvalue weighted by Crippen LogP contribution is -2.38. The van der Waals surface area contributed by atoms with Crippen molar-refractivity contribution in [3.05, 3.63) is 0 Å². The first kappa shape index (κ1) is 102. The molecule has 0 spiro atoms. The van der Waals surface area contributed by atoms with Crippen molar-refractivity contribution in [1.29, 1.82) is 0 Å². The van der Waals surface area contributed by atoms with Gasteiger partial charge in [0.25, 0.3) is 0 Å². The summed E-state index contributed by atoms with van der Waals surface area (Å²) in [6, 6.07) is 0. The molecule has 654 valence electrons. The van der Waals surface area contributed by atoms with Gasteiger partial charge in [0, 0.05) is 0 Å². The van der Waals surface area contributed by atoms with Crippen molar-refractivity contribution in [2.75, 3.05) is 0 Å². The zero-order valence-electron chi connectivity index (χ0n) is 84.3. The first-order chi connectivity index (χ1) is 49.8. The highest BCUT2D eigenvalue weighted by Gasteiger charge is 2.51. The van der Waals surface area contributed by atoms with Crippen molar-refractivity contribution in [3.63, 3.8) is 0 Å². The topological polar surface area (TPSA) is 0 Å². The third-order valence-electron chi connectivity index (χ3n) is 36.1. The molecule has 10 unspecified atom stereocenters. The van der Waals surface area contributed by atoms with E-state index in [9.17, 15) is 0 Å². The smallest absolute Gasteiger partial charge is 0.0297 e. The van der Waals surface area contributed by atoms with E-state index in [1.54, 1.807) is 19.3 Å². The van der Waals surface area contributed by atoms with Crippen molar-refractivity contribution < 1.29 is 0 Å².